The lowest BCUT2D eigenvalue weighted by Gasteiger charge is -2.10. The predicted molar refractivity (Wildman–Crippen MR) is 88.5 cm³/mol. The summed E-state index contributed by atoms with van der Waals surface area (Å²) in [4.78, 5) is 4.61. The first-order valence-corrected chi connectivity index (χ1v) is 9.42. The maximum absolute atomic E-state index is 12.7. The number of aromatic nitrogens is 2. The van der Waals surface area contributed by atoms with Gasteiger partial charge in [-0.2, -0.15) is 0 Å². The van der Waals surface area contributed by atoms with Crippen LogP contribution in [0.2, 0.25) is 5.15 Å². The molecule has 23 heavy (non-hydrogen) atoms. The quantitative estimate of drug-likeness (QED) is 0.688. The van der Waals surface area contributed by atoms with E-state index in [0.29, 0.717) is 22.0 Å². The molecule has 6 nitrogen and oxygen atoms in total. The van der Waals surface area contributed by atoms with Crippen LogP contribution in [0.25, 0.3) is 4.96 Å². The molecule has 0 unspecified atom stereocenters. The Morgan fingerprint density at radius 3 is 2.70 bits per heavy atom. The van der Waals surface area contributed by atoms with Gasteiger partial charge >= 0.3 is 0 Å². The molecule has 0 atom stereocenters. The smallest absolute Gasteiger partial charge is 0.201 e. The van der Waals surface area contributed by atoms with Crippen LogP contribution in [0.5, 0.6) is 11.5 Å². The number of methoxy groups -OCH3 is 2. The molecular formula is C14H13ClN2O4S2. The molecule has 0 fully saturated rings. The van der Waals surface area contributed by atoms with E-state index < -0.39 is 9.84 Å². The van der Waals surface area contributed by atoms with Crippen LogP contribution in [0.3, 0.4) is 0 Å². The van der Waals surface area contributed by atoms with Crippen molar-refractivity contribution in [1.29, 1.82) is 0 Å². The zero-order valence-electron chi connectivity index (χ0n) is 12.3. The monoisotopic (exact) mass is 372 g/mol. The van der Waals surface area contributed by atoms with Gasteiger partial charge in [0.25, 0.3) is 0 Å². The fourth-order valence-electron chi connectivity index (χ4n) is 2.28. The third-order valence-electron chi connectivity index (χ3n) is 3.28. The summed E-state index contributed by atoms with van der Waals surface area (Å²) in [5.41, 5.74) is 0.573. The van der Waals surface area contributed by atoms with Crippen LogP contribution in [0, 0.1) is 0 Å². The number of sulfone groups is 1. The molecule has 3 aromatic rings. The van der Waals surface area contributed by atoms with Gasteiger partial charge in [-0.25, -0.2) is 13.4 Å². The van der Waals surface area contributed by atoms with Gasteiger partial charge in [0, 0.05) is 11.6 Å². The van der Waals surface area contributed by atoms with E-state index in [4.69, 9.17) is 21.1 Å². The molecule has 0 aliphatic carbocycles. The number of fused-ring (bicyclic) bond motifs is 1. The molecule has 0 spiro atoms. The van der Waals surface area contributed by atoms with E-state index in [-0.39, 0.29) is 15.9 Å². The van der Waals surface area contributed by atoms with Crippen LogP contribution in [-0.2, 0) is 15.6 Å². The highest BCUT2D eigenvalue weighted by Gasteiger charge is 2.25. The number of benzene rings is 1. The Balaban J connectivity index is 2.01. The van der Waals surface area contributed by atoms with Crippen LogP contribution in [0.4, 0.5) is 0 Å². The van der Waals surface area contributed by atoms with Gasteiger partial charge in [0.05, 0.1) is 20.0 Å². The van der Waals surface area contributed by atoms with E-state index in [1.165, 1.54) is 30.0 Å². The molecule has 0 radical (unpaired) electrons. The Hall–Kier alpha value is -1.77. The van der Waals surface area contributed by atoms with Crippen molar-refractivity contribution in [2.24, 2.45) is 0 Å². The first kappa shape index (κ1) is 16.1. The fraction of sp³-hybridized carbons (Fsp3) is 0.214. The van der Waals surface area contributed by atoms with Crippen molar-refractivity contribution in [1.82, 2.24) is 9.38 Å². The largest absolute Gasteiger partial charge is 0.493 e. The maximum Gasteiger partial charge on any atom is 0.201 e. The summed E-state index contributed by atoms with van der Waals surface area (Å²) in [6.07, 6.45) is 1.64. The highest BCUT2D eigenvalue weighted by Crippen LogP contribution is 2.31. The number of nitrogens with zero attached hydrogens (tertiary/aromatic N) is 2. The number of hydrogen-bond donors (Lipinski definition) is 0. The van der Waals surface area contributed by atoms with Crippen molar-refractivity contribution in [3.8, 4) is 11.5 Å². The van der Waals surface area contributed by atoms with Crippen LogP contribution in [-0.4, -0.2) is 32.0 Å². The Morgan fingerprint density at radius 1 is 1.26 bits per heavy atom. The normalized spacial score (nSPS) is 11.8. The van der Waals surface area contributed by atoms with E-state index in [2.05, 4.69) is 4.98 Å². The number of rotatable bonds is 5. The molecule has 122 valence electrons. The van der Waals surface area contributed by atoms with Crippen LogP contribution >= 0.6 is 22.9 Å². The highest BCUT2D eigenvalue weighted by molar-refractivity contribution is 7.90. The Morgan fingerprint density at radius 2 is 2.00 bits per heavy atom. The van der Waals surface area contributed by atoms with Crippen molar-refractivity contribution < 1.29 is 17.9 Å². The molecule has 0 saturated carbocycles. The molecule has 9 heteroatoms. The number of thiazole rings is 1. The summed E-state index contributed by atoms with van der Waals surface area (Å²) in [7, 11) is -0.643. The van der Waals surface area contributed by atoms with E-state index in [9.17, 15) is 8.42 Å². The first-order valence-electron chi connectivity index (χ1n) is 6.51. The minimum Gasteiger partial charge on any atom is -0.493 e. The van der Waals surface area contributed by atoms with Gasteiger partial charge < -0.3 is 9.47 Å². The molecule has 0 bridgehead atoms. The average molecular weight is 373 g/mol. The fourth-order valence-corrected chi connectivity index (χ4v) is 5.13. The Labute approximate surface area is 142 Å². The SMILES string of the molecule is COc1ccc(CS(=O)(=O)c2c(Cl)nc3sccn23)cc1OC. The summed E-state index contributed by atoms with van der Waals surface area (Å²) in [6.45, 7) is 0. The summed E-state index contributed by atoms with van der Waals surface area (Å²) < 4.78 is 37.3. The summed E-state index contributed by atoms with van der Waals surface area (Å²) in [5.74, 6) is 0.799. The second kappa shape index (κ2) is 6.03. The third-order valence-corrected chi connectivity index (χ3v) is 6.10. The average Bonchev–Trinajstić information content (AvgIpc) is 3.06. The Kier molecular flexibility index (Phi) is 4.22. The predicted octanol–water partition coefficient (Wildman–Crippen LogP) is 3.04. The van der Waals surface area contributed by atoms with Gasteiger partial charge in [0.2, 0.25) is 9.84 Å². The number of halogens is 1. The van der Waals surface area contributed by atoms with Crippen molar-refractivity contribution in [3.63, 3.8) is 0 Å². The van der Waals surface area contributed by atoms with E-state index in [0.717, 1.165) is 0 Å². The third kappa shape index (κ3) is 2.89. The first-order chi connectivity index (χ1) is 11.0. The van der Waals surface area contributed by atoms with E-state index >= 15 is 0 Å². The summed E-state index contributed by atoms with van der Waals surface area (Å²) in [5, 5.41) is 1.75. The van der Waals surface area contributed by atoms with Gasteiger partial charge in [-0.15, -0.1) is 11.3 Å². The summed E-state index contributed by atoms with van der Waals surface area (Å²) in [6, 6.07) is 4.98. The van der Waals surface area contributed by atoms with Crippen LogP contribution in [0.15, 0.2) is 34.8 Å². The lowest BCUT2D eigenvalue weighted by atomic mass is 10.2. The van der Waals surface area contributed by atoms with Crippen molar-refractivity contribution in [2.75, 3.05) is 14.2 Å². The number of imidazole rings is 1. The number of ether oxygens (including phenoxy) is 2. The molecule has 2 heterocycles. The number of hydrogen-bond acceptors (Lipinski definition) is 6. The minimum atomic E-state index is -3.66. The standard InChI is InChI=1S/C14H13ClN2O4S2/c1-20-10-4-3-9(7-11(10)21-2)8-23(18,19)13-12(15)16-14-17(13)5-6-22-14/h3-7H,8H2,1-2H3. The van der Waals surface area contributed by atoms with Gasteiger partial charge in [0.1, 0.15) is 0 Å². The van der Waals surface area contributed by atoms with Gasteiger partial charge in [-0.3, -0.25) is 4.40 Å². The molecule has 0 saturated heterocycles. The lowest BCUT2D eigenvalue weighted by molar-refractivity contribution is 0.354. The molecule has 0 aliphatic heterocycles. The highest BCUT2D eigenvalue weighted by atomic mass is 35.5. The maximum atomic E-state index is 12.7. The topological polar surface area (TPSA) is 69.9 Å². The van der Waals surface area contributed by atoms with Crippen molar-refractivity contribution >= 4 is 37.7 Å². The van der Waals surface area contributed by atoms with Crippen molar-refractivity contribution in [3.05, 3.63) is 40.5 Å². The van der Waals surface area contributed by atoms with Crippen LogP contribution in [0.1, 0.15) is 5.56 Å². The molecule has 2 aromatic heterocycles. The van der Waals surface area contributed by atoms with Gasteiger partial charge in [0.15, 0.2) is 26.6 Å². The molecular weight excluding hydrogens is 360 g/mol. The molecule has 3 rings (SSSR count). The minimum absolute atomic E-state index is 0.00482. The van der Waals surface area contributed by atoms with Crippen LogP contribution < -0.4 is 9.47 Å². The zero-order valence-corrected chi connectivity index (χ0v) is 14.7. The van der Waals surface area contributed by atoms with Gasteiger partial charge in [-0.05, 0) is 17.7 Å². The van der Waals surface area contributed by atoms with E-state index in [1.54, 1.807) is 29.8 Å². The molecule has 1 aromatic carbocycles. The van der Waals surface area contributed by atoms with E-state index in [1.807, 2.05) is 0 Å². The second-order valence-corrected chi connectivity index (χ2v) is 7.85. The summed E-state index contributed by atoms with van der Waals surface area (Å²) >= 11 is 7.34. The zero-order chi connectivity index (χ0) is 16.6. The van der Waals surface area contributed by atoms with Gasteiger partial charge in [-0.1, -0.05) is 17.7 Å². The molecule has 0 amide bonds. The second-order valence-electron chi connectivity index (χ2n) is 4.71. The molecule has 0 N–H and O–H groups in total. The van der Waals surface area contributed by atoms with Crippen molar-refractivity contribution in [2.45, 2.75) is 10.8 Å². The lowest BCUT2D eigenvalue weighted by Crippen LogP contribution is -2.08. The molecule has 0 aliphatic rings. The Bertz CT molecular complexity index is 962.